The molecule has 4 aromatic carbocycles. The normalized spacial score (nSPS) is 10.5. The molecule has 0 amide bonds. The third-order valence-corrected chi connectivity index (χ3v) is 5.63. The molecule has 0 aliphatic rings. The Labute approximate surface area is 202 Å². The summed E-state index contributed by atoms with van der Waals surface area (Å²) in [6, 6.07) is 33.1. The molecule has 0 fully saturated rings. The summed E-state index contributed by atoms with van der Waals surface area (Å²) in [5.74, 6) is 1.74. The Hall–Kier alpha value is -4.04. The molecule has 4 aromatic rings. The van der Waals surface area contributed by atoms with Crippen LogP contribution in [-0.2, 0) is 26.1 Å². The van der Waals surface area contributed by atoms with Crippen molar-refractivity contribution in [2.45, 2.75) is 26.1 Å². The van der Waals surface area contributed by atoms with Gasteiger partial charge in [-0.05, 0) is 64.9 Å². The third-order valence-electron chi connectivity index (χ3n) is 5.63. The summed E-state index contributed by atoms with van der Waals surface area (Å²) in [6.45, 7) is 8.89. The Balaban J connectivity index is 1.64. The van der Waals surface area contributed by atoms with Gasteiger partial charge in [-0.1, -0.05) is 84.9 Å². The molecule has 0 radical (unpaired) electrons. The van der Waals surface area contributed by atoms with Crippen LogP contribution in [0.25, 0.3) is 11.1 Å². The van der Waals surface area contributed by atoms with Crippen LogP contribution >= 0.6 is 0 Å². The first kappa shape index (κ1) is 23.1. The Morgan fingerprint density at radius 3 is 1.76 bits per heavy atom. The number of hydrogen-bond donors (Lipinski definition) is 0. The van der Waals surface area contributed by atoms with Crippen LogP contribution in [0.2, 0.25) is 0 Å². The molecule has 0 saturated carbocycles. The zero-order valence-electron chi connectivity index (χ0n) is 19.5. The first-order valence-electron chi connectivity index (χ1n) is 11.6. The summed E-state index contributed by atoms with van der Waals surface area (Å²) < 4.78 is 12.4. The highest BCUT2D eigenvalue weighted by atomic mass is 16.5. The van der Waals surface area contributed by atoms with Crippen molar-refractivity contribution >= 4 is 0 Å². The molecule has 0 bridgehead atoms. The van der Waals surface area contributed by atoms with E-state index >= 15 is 0 Å². The average molecular weight is 447 g/mol. The fourth-order valence-electron chi connectivity index (χ4n) is 3.90. The zero-order valence-corrected chi connectivity index (χ0v) is 19.5. The van der Waals surface area contributed by atoms with Crippen LogP contribution in [0.15, 0.2) is 122 Å². The molecule has 170 valence electrons. The van der Waals surface area contributed by atoms with E-state index in [4.69, 9.17) is 9.47 Å². The van der Waals surface area contributed by atoms with E-state index in [1.165, 1.54) is 5.56 Å². The summed E-state index contributed by atoms with van der Waals surface area (Å²) in [5.41, 5.74) is 6.75. The number of rotatable bonds is 11. The molecule has 2 nitrogen and oxygen atoms in total. The molecular formula is C32H30O2. The van der Waals surface area contributed by atoms with Gasteiger partial charge in [0.15, 0.2) is 0 Å². The maximum Gasteiger partial charge on any atom is 0.127 e. The lowest BCUT2D eigenvalue weighted by Crippen LogP contribution is -2.00. The van der Waals surface area contributed by atoms with Gasteiger partial charge in [0.2, 0.25) is 0 Å². The largest absolute Gasteiger partial charge is 0.489 e. The number of benzene rings is 4. The molecule has 0 aliphatic carbocycles. The maximum atomic E-state index is 6.27. The second-order valence-electron chi connectivity index (χ2n) is 8.19. The van der Waals surface area contributed by atoms with Crippen molar-refractivity contribution in [2.24, 2.45) is 0 Å². The van der Waals surface area contributed by atoms with Crippen LogP contribution in [0.4, 0.5) is 0 Å². The van der Waals surface area contributed by atoms with Gasteiger partial charge in [-0.25, -0.2) is 0 Å². The van der Waals surface area contributed by atoms with Crippen molar-refractivity contribution in [2.75, 3.05) is 0 Å². The molecule has 0 saturated heterocycles. The van der Waals surface area contributed by atoms with Crippen LogP contribution in [0.1, 0.15) is 22.3 Å². The molecule has 0 N–H and O–H groups in total. The number of hydrogen-bond acceptors (Lipinski definition) is 2. The summed E-state index contributed by atoms with van der Waals surface area (Å²) >= 11 is 0. The number of ether oxygens (including phenoxy) is 2. The summed E-state index contributed by atoms with van der Waals surface area (Å²) in [5, 5.41) is 0. The highest BCUT2D eigenvalue weighted by Gasteiger charge is 2.12. The second-order valence-corrected chi connectivity index (χ2v) is 8.19. The minimum absolute atomic E-state index is 0.520. The fourth-order valence-corrected chi connectivity index (χ4v) is 3.90. The zero-order chi connectivity index (χ0) is 23.6. The van der Waals surface area contributed by atoms with Crippen molar-refractivity contribution in [3.63, 3.8) is 0 Å². The topological polar surface area (TPSA) is 18.5 Å². The summed E-state index contributed by atoms with van der Waals surface area (Å²) in [6.07, 6.45) is 5.37. The molecule has 0 unspecified atom stereocenters. The van der Waals surface area contributed by atoms with Crippen LogP contribution in [-0.4, -0.2) is 0 Å². The standard InChI is InChI=1S/C32H30O2/c1-3-11-25-17-19-32(34-24-27-15-9-6-10-16-27)30(21-25)28-18-20-31(29(22-28)12-4-2)33-23-26-13-7-5-8-14-26/h3-10,13-22H,1-2,11-12,23-24H2. The highest BCUT2D eigenvalue weighted by Crippen LogP contribution is 2.35. The molecule has 0 aliphatic heterocycles. The fraction of sp³-hybridized carbons (Fsp3) is 0.125. The van der Waals surface area contributed by atoms with Gasteiger partial charge < -0.3 is 9.47 Å². The smallest absolute Gasteiger partial charge is 0.127 e. The monoisotopic (exact) mass is 446 g/mol. The summed E-state index contributed by atoms with van der Waals surface area (Å²) in [4.78, 5) is 0. The molecule has 0 atom stereocenters. The Morgan fingerprint density at radius 2 is 1.15 bits per heavy atom. The molecule has 0 aromatic heterocycles. The minimum Gasteiger partial charge on any atom is -0.489 e. The van der Waals surface area contributed by atoms with Gasteiger partial charge in [-0.3, -0.25) is 0 Å². The maximum absolute atomic E-state index is 6.27. The van der Waals surface area contributed by atoms with E-state index in [0.717, 1.165) is 52.2 Å². The van der Waals surface area contributed by atoms with Gasteiger partial charge in [0.1, 0.15) is 24.7 Å². The molecule has 0 heterocycles. The van der Waals surface area contributed by atoms with Gasteiger partial charge in [-0.15, -0.1) is 13.2 Å². The van der Waals surface area contributed by atoms with E-state index in [1.807, 2.05) is 48.6 Å². The van der Waals surface area contributed by atoms with E-state index in [0.29, 0.717) is 13.2 Å². The second kappa shape index (κ2) is 11.7. The van der Waals surface area contributed by atoms with Gasteiger partial charge in [-0.2, -0.15) is 0 Å². The van der Waals surface area contributed by atoms with Crippen LogP contribution < -0.4 is 9.47 Å². The predicted molar refractivity (Wildman–Crippen MR) is 141 cm³/mol. The Morgan fingerprint density at radius 1 is 0.559 bits per heavy atom. The van der Waals surface area contributed by atoms with Crippen molar-refractivity contribution in [3.05, 3.63) is 145 Å². The minimum atomic E-state index is 0.520. The molecule has 0 spiro atoms. The van der Waals surface area contributed by atoms with Gasteiger partial charge >= 0.3 is 0 Å². The lowest BCUT2D eigenvalue weighted by Gasteiger charge is -2.16. The van der Waals surface area contributed by atoms with Gasteiger partial charge in [0.05, 0.1) is 0 Å². The van der Waals surface area contributed by atoms with Gasteiger partial charge in [0.25, 0.3) is 0 Å². The van der Waals surface area contributed by atoms with Crippen LogP contribution in [0.3, 0.4) is 0 Å². The van der Waals surface area contributed by atoms with E-state index in [9.17, 15) is 0 Å². The van der Waals surface area contributed by atoms with E-state index in [2.05, 4.69) is 73.8 Å². The Bertz CT molecular complexity index is 1230. The molecule has 2 heteroatoms. The quantitative estimate of drug-likeness (QED) is 0.218. The van der Waals surface area contributed by atoms with E-state index in [-0.39, 0.29) is 0 Å². The molecular weight excluding hydrogens is 416 g/mol. The summed E-state index contributed by atoms with van der Waals surface area (Å²) in [7, 11) is 0. The first-order chi connectivity index (χ1) is 16.8. The Kier molecular flexibility index (Phi) is 7.97. The lowest BCUT2D eigenvalue weighted by molar-refractivity contribution is 0.303. The SMILES string of the molecule is C=CCc1ccc(OCc2ccccc2)c(-c2ccc(OCc3ccccc3)c(CC=C)c2)c1. The number of allylic oxidation sites excluding steroid dienone is 2. The average Bonchev–Trinajstić information content (AvgIpc) is 2.89. The van der Waals surface area contributed by atoms with Crippen molar-refractivity contribution in [1.82, 2.24) is 0 Å². The van der Waals surface area contributed by atoms with Crippen molar-refractivity contribution < 1.29 is 9.47 Å². The lowest BCUT2D eigenvalue weighted by atomic mass is 9.97. The van der Waals surface area contributed by atoms with E-state index in [1.54, 1.807) is 0 Å². The molecule has 34 heavy (non-hydrogen) atoms. The van der Waals surface area contributed by atoms with Crippen LogP contribution in [0, 0.1) is 0 Å². The third kappa shape index (κ3) is 6.05. The van der Waals surface area contributed by atoms with Crippen molar-refractivity contribution in [1.29, 1.82) is 0 Å². The van der Waals surface area contributed by atoms with E-state index < -0.39 is 0 Å². The van der Waals surface area contributed by atoms with Gasteiger partial charge in [0, 0.05) is 5.56 Å². The first-order valence-corrected chi connectivity index (χ1v) is 11.6. The van der Waals surface area contributed by atoms with Crippen LogP contribution in [0.5, 0.6) is 11.5 Å². The van der Waals surface area contributed by atoms with Crippen molar-refractivity contribution in [3.8, 4) is 22.6 Å². The molecule has 4 rings (SSSR count). The highest BCUT2D eigenvalue weighted by molar-refractivity contribution is 5.73. The predicted octanol–water partition coefficient (Wildman–Crippen LogP) is 7.97.